The fourth-order valence-corrected chi connectivity index (χ4v) is 6.38. The molecule has 1 aromatic carbocycles. The van der Waals surface area contributed by atoms with E-state index in [0.717, 1.165) is 38.9 Å². The molecule has 3 aliphatic heterocycles. The largest absolute Gasteiger partial charge is 0.355 e. The third-order valence-electron chi connectivity index (χ3n) is 6.48. The summed E-state index contributed by atoms with van der Waals surface area (Å²) in [5, 5.41) is 3.07. The number of hydrogen-bond acceptors (Lipinski definition) is 4. The molecule has 8 heteroatoms. The molecule has 0 unspecified atom stereocenters. The monoisotopic (exact) mass is 420 g/mol. The summed E-state index contributed by atoms with van der Waals surface area (Å²) in [5.74, 6) is -0.0114. The lowest BCUT2D eigenvalue weighted by Gasteiger charge is -2.33. The maximum Gasteiger partial charge on any atom is 0.281 e. The number of piperidine rings is 1. The highest BCUT2D eigenvalue weighted by Gasteiger charge is 2.35. The summed E-state index contributed by atoms with van der Waals surface area (Å²) < 4.78 is 28.4. The number of nitrogens with zero attached hydrogens (tertiary/aromatic N) is 3. The van der Waals surface area contributed by atoms with E-state index < -0.39 is 10.2 Å². The zero-order valence-electron chi connectivity index (χ0n) is 17.1. The van der Waals surface area contributed by atoms with Gasteiger partial charge in [0.2, 0.25) is 5.91 Å². The van der Waals surface area contributed by atoms with E-state index >= 15 is 0 Å². The van der Waals surface area contributed by atoms with Crippen LogP contribution in [0.2, 0.25) is 0 Å². The molecular formula is C21H32N4O3S. The highest BCUT2D eigenvalue weighted by atomic mass is 32.2. The number of amides is 1. The lowest BCUT2D eigenvalue weighted by Crippen LogP contribution is -2.48. The lowest BCUT2D eigenvalue weighted by atomic mass is 9.97. The Kier molecular flexibility index (Phi) is 6.53. The van der Waals surface area contributed by atoms with Gasteiger partial charge in [0.05, 0.1) is 0 Å². The van der Waals surface area contributed by atoms with Crippen LogP contribution in [0.5, 0.6) is 0 Å². The Bertz CT molecular complexity index is 815. The van der Waals surface area contributed by atoms with E-state index in [4.69, 9.17) is 0 Å². The molecule has 0 bridgehead atoms. The van der Waals surface area contributed by atoms with Gasteiger partial charge in [-0.2, -0.15) is 17.0 Å². The van der Waals surface area contributed by atoms with Crippen LogP contribution in [0.15, 0.2) is 24.3 Å². The van der Waals surface area contributed by atoms with Crippen molar-refractivity contribution in [2.24, 2.45) is 5.92 Å². The fourth-order valence-electron chi connectivity index (χ4n) is 4.66. The number of fused-ring (bicyclic) bond motifs is 1. The molecule has 160 valence electrons. The Morgan fingerprint density at radius 2 is 1.62 bits per heavy atom. The number of carbonyl (C=O) groups excluding carboxylic acids is 1. The molecule has 3 heterocycles. The lowest BCUT2D eigenvalue weighted by molar-refractivity contribution is -0.126. The van der Waals surface area contributed by atoms with Gasteiger partial charge in [-0.05, 0) is 43.2 Å². The molecule has 0 atom stereocenters. The number of nitrogens with one attached hydrogen (secondary N) is 1. The molecule has 2 fully saturated rings. The Morgan fingerprint density at radius 3 is 2.34 bits per heavy atom. The van der Waals surface area contributed by atoms with Gasteiger partial charge in [0.25, 0.3) is 10.2 Å². The highest BCUT2D eigenvalue weighted by Crippen LogP contribution is 2.24. The molecule has 0 radical (unpaired) electrons. The van der Waals surface area contributed by atoms with Crippen LogP contribution < -0.4 is 5.32 Å². The second-order valence-corrected chi connectivity index (χ2v) is 10.3. The summed E-state index contributed by atoms with van der Waals surface area (Å²) in [6.07, 6.45) is 4.17. The first-order valence-electron chi connectivity index (χ1n) is 10.9. The van der Waals surface area contributed by atoms with Gasteiger partial charge in [-0.15, -0.1) is 0 Å². The molecule has 2 saturated heterocycles. The summed E-state index contributed by atoms with van der Waals surface area (Å²) in [6, 6.07) is 8.56. The van der Waals surface area contributed by atoms with Gasteiger partial charge < -0.3 is 5.32 Å². The second-order valence-electron chi connectivity index (χ2n) is 8.37. The standard InChI is InChI=1S/C21H32N4O3S/c26-21(22-10-16-23-13-7-18-5-1-2-6-20(18)17-23)19-8-14-25(15-9-19)29(27,28)24-11-3-4-12-24/h1-2,5-6,19H,3-4,7-17H2,(H,22,26). The maximum absolute atomic E-state index is 12.6. The van der Waals surface area contributed by atoms with Crippen molar-refractivity contribution in [2.45, 2.75) is 38.6 Å². The van der Waals surface area contributed by atoms with Crippen LogP contribution in [0.3, 0.4) is 0 Å². The van der Waals surface area contributed by atoms with Crippen LogP contribution >= 0.6 is 0 Å². The second kappa shape index (κ2) is 9.12. The molecule has 0 aromatic heterocycles. The predicted molar refractivity (Wildman–Crippen MR) is 112 cm³/mol. The summed E-state index contributed by atoms with van der Waals surface area (Å²) in [4.78, 5) is 14.9. The van der Waals surface area contributed by atoms with Crippen LogP contribution in [0.25, 0.3) is 0 Å². The summed E-state index contributed by atoms with van der Waals surface area (Å²) in [6.45, 7) is 5.61. The van der Waals surface area contributed by atoms with Crippen molar-refractivity contribution in [1.82, 2.24) is 18.8 Å². The molecule has 0 spiro atoms. The van der Waals surface area contributed by atoms with E-state index in [-0.39, 0.29) is 11.8 Å². The average Bonchev–Trinajstić information content (AvgIpc) is 3.29. The molecule has 3 aliphatic rings. The summed E-state index contributed by atoms with van der Waals surface area (Å²) in [5.41, 5.74) is 2.82. The molecular weight excluding hydrogens is 388 g/mol. The van der Waals surface area contributed by atoms with Gasteiger partial charge in [0, 0.05) is 58.3 Å². The number of benzene rings is 1. The average molecular weight is 421 g/mol. The molecule has 0 saturated carbocycles. The SMILES string of the molecule is O=C(NCCN1CCc2ccccc2C1)C1CCN(S(=O)(=O)N2CCCC2)CC1. The van der Waals surface area contributed by atoms with E-state index in [2.05, 4.69) is 34.5 Å². The zero-order chi connectivity index (χ0) is 20.3. The Balaban J connectivity index is 1.19. The summed E-state index contributed by atoms with van der Waals surface area (Å²) >= 11 is 0. The van der Waals surface area contributed by atoms with Crippen LogP contribution in [-0.4, -0.2) is 73.6 Å². The van der Waals surface area contributed by atoms with Crippen LogP contribution in [-0.2, 0) is 28.0 Å². The number of rotatable bonds is 6. The van der Waals surface area contributed by atoms with E-state index in [9.17, 15) is 13.2 Å². The van der Waals surface area contributed by atoms with Gasteiger partial charge in [-0.25, -0.2) is 0 Å². The van der Waals surface area contributed by atoms with E-state index in [1.54, 1.807) is 8.61 Å². The minimum Gasteiger partial charge on any atom is -0.355 e. The zero-order valence-corrected chi connectivity index (χ0v) is 17.9. The van der Waals surface area contributed by atoms with Gasteiger partial charge in [-0.3, -0.25) is 9.69 Å². The van der Waals surface area contributed by atoms with Crippen molar-refractivity contribution in [3.8, 4) is 0 Å². The van der Waals surface area contributed by atoms with E-state index in [0.29, 0.717) is 45.6 Å². The first-order chi connectivity index (χ1) is 14.0. The molecule has 0 aliphatic carbocycles. The van der Waals surface area contributed by atoms with Crippen molar-refractivity contribution < 1.29 is 13.2 Å². The maximum atomic E-state index is 12.6. The molecule has 4 rings (SSSR count). The van der Waals surface area contributed by atoms with Crippen molar-refractivity contribution >= 4 is 16.1 Å². The molecule has 7 nitrogen and oxygen atoms in total. The van der Waals surface area contributed by atoms with Gasteiger partial charge in [-0.1, -0.05) is 24.3 Å². The summed E-state index contributed by atoms with van der Waals surface area (Å²) in [7, 11) is -3.34. The molecule has 1 amide bonds. The van der Waals surface area contributed by atoms with Crippen molar-refractivity contribution in [3.05, 3.63) is 35.4 Å². The van der Waals surface area contributed by atoms with Crippen LogP contribution in [0.4, 0.5) is 0 Å². The highest BCUT2D eigenvalue weighted by molar-refractivity contribution is 7.86. The molecule has 29 heavy (non-hydrogen) atoms. The van der Waals surface area contributed by atoms with Crippen molar-refractivity contribution in [1.29, 1.82) is 0 Å². The number of carbonyl (C=O) groups is 1. The first kappa shape index (κ1) is 20.8. The van der Waals surface area contributed by atoms with E-state index in [1.165, 1.54) is 11.1 Å². The normalized spacial score (nSPS) is 22.5. The Hall–Kier alpha value is -1.48. The van der Waals surface area contributed by atoms with Gasteiger partial charge in [0.15, 0.2) is 0 Å². The fraction of sp³-hybridized carbons (Fsp3) is 0.667. The first-order valence-corrected chi connectivity index (χ1v) is 12.3. The van der Waals surface area contributed by atoms with Gasteiger partial charge in [0.1, 0.15) is 0 Å². The Morgan fingerprint density at radius 1 is 0.966 bits per heavy atom. The Labute approximate surface area is 174 Å². The smallest absolute Gasteiger partial charge is 0.281 e. The molecule has 1 N–H and O–H groups in total. The van der Waals surface area contributed by atoms with Crippen molar-refractivity contribution in [3.63, 3.8) is 0 Å². The topological polar surface area (TPSA) is 73.0 Å². The molecule has 1 aromatic rings. The van der Waals surface area contributed by atoms with Crippen LogP contribution in [0.1, 0.15) is 36.8 Å². The minimum atomic E-state index is -3.34. The minimum absolute atomic E-state index is 0.0700. The van der Waals surface area contributed by atoms with Crippen LogP contribution in [0, 0.1) is 5.92 Å². The van der Waals surface area contributed by atoms with Gasteiger partial charge >= 0.3 is 0 Å². The quantitative estimate of drug-likeness (QED) is 0.751. The predicted octanol–water partition coefficient (Wildman–Crippen LogP) is 1.21. The number of hydrogen-bond donors (Lipinski definition) is 1. The third kappa shape index (κ3) is 4.82. The van der Waals surface area contributed by atoms with Crippen molar-refractivity contribution in [2.75, 3.05) is 45.8 Å². The van der Waals surface area contributed by atoms with E-state index in [1.807, 2.05) is 0 Å². The third-order valence-corrected chi connectivity index (χ3v) is 8.51.